The average molecular weight is 557 g/mol. The van der Waals surface area contributed by atoms with Gasteiger partial charge in [-0.05, 0) is 38.4 Å². The van der Waals surface area contributed by atoms with Gasteiger partial charge in [0.25, 0.3) is 14.1 Å². The second kappa shape index (κ2) is 10.8. The number of alkyl halides is 6. The summed E-state index contributed by atoms with van der Waals surface area (Å²) in [5.41, 5.74) is 0.422. The number of nitrogens with zero attached hydrogens (tertiary/aromatic N) is 4. The lowest BCUT2D eigenvalue weighted by atomic mass is 10.0. The molecule has 2 unspecified atom stereocenters. The van der Waals surface area contributed by atoms with Crippen molar-refractivity contribution in [3.8, 4) is 0 Å². The second-order valence-electron chi connectivity index (χ2n) is 8.23. The van der Waals surface area contributed by atoms with Crippen LogP contribution < -0.4 is 11.4 Å². The first-order valence-corrected chi connectivity index (χ1v) is 11.8. The molecule has 0 saturated carbocycles. The minimum Gasteiger partial charge on any atom is -0.383 e. The van der Waals surface area contributed by atoms with Crippen molar-refractivity contribution >= 4 is 19.9 Å². The molecule has 0 radical (unpaired) electrons. The van der Waals surface area contributed by atoms with Crippen LogP contribution in [0.25, 0.3) is 0 Å². The zero-order valence-corrected chi connectivity index (χ0v) is 20.3. The highest BCUT2D eigenvalue weighted by atomic mass is 31.1. The van der Waals surface area contributed by atoms with Crippen molar-refractivity contribution < 1.29 is 45.0 Å². The number of anilines is 1. The molecule has 0 bridgehead atoms. The van der Waals surface area contributed by atoms with Crippen LogP contribution in [0.1, 0.15) is 27.7 Å². The number of hydrogen-bond donors (Lipinski definition) is 1. The van der Waals surface area contributed by atoms with Gasteiger partial charge in [-0.3, -0.25) is 13.9 Å². The number of morpholine rings is 1. The molecular formula is C20H22F6N5O5P. The van der Waals surface area contributed by atoms with E-state index in [-0.39, 0.29) is 25.0 Å². The molecule has 3 atom stereocenters. The van der Waals surface area contributed by atoms with Gasteiger partial charge in [0.05, 0.1) is 24.3 Å². The number of nitrogen functional groups attached to an aromatic ring is 1. The predicted molar refractivity (Wildman–Crippen MR) is 118 cm³/mol. The number of rotatable bonds is 6. The third-order valence-electron chi connectivity index (χ3n) is 5.19. The number of amides is 1. The summed E-state index contributed by atoms with van der Waals surface area (Å²) < 4.78 is 105. The van der Waals surface area contributed by atoms with Crippen molar-refractivity contribution in [1.29, 1.82) is 0 Å². The normalized spacial score (nSPS) is 19.8. The topological polar surface area (TPSA) is 120 Å². The third kappa shape index (κ3) is 7.09. The molecule has 0 spiro atoms. The number of halogens is 6. The Hall–Kier alpha value is -2.94. The fourth-order valence-electron chi connectivity index (χ4n) is 3.43. The van der Waals surface area contributed by atoms with Gasteiger partial charge in [0, 0.05) is 18.3 Å². The summed E-state index contributed by atoms with van der Waals surface area (Å²) in [5, 5.41) is 0. The molecule has 2 aromatic rings. The zero-order valence-electron chi connectivity index (χ0n) is 19.3. The summed E-state index contributed by atoms with van der Waals surface area (Å²) in [6.45, 7) is -1.13. The van der Waals surface area contributed by atoms with E-state index in [0.29, 0.717) is 12.1 Å². The van der Waals surface area contributed by atoms with Crippen molar-refractivity contribution in [2.45, 2.75) is 24.7 Å². The Morgan fingerprint density at radius 2 is 1.76 bits per heavy atom. The van der Waals surface area contributed by atoms with Crippen LogP contribution in [0, 0.1) is 0 Å². The van der Waals surface area contributed by atoms with Crippen molar-refractivity contribution in [3.05, 3.63) is 57.6 Å². The molecular weight excluding hydrogens is 535 g/mol. The highest BCUT2D eigenvalue weighted by molar-refractivity contribution is 7.36. The smallest absolute Gasteiger partial charge is 0.383 e. The van der Waals surface area contributed by atoms with Crippen molar-refractivity contribution in [2.75, 3.05) is 39.5 Å². The Balaban J connectivity index is 1.98. The van der Waals surface area contributed by atoms with E-state index in [9.17, 15) is 40.5 Å². The molecule has 2 N–H and O–H groups in total. The van der Waals surface area contributed by atoms with E-state index in [2.05, 4.69) is 4.98 Å². The van der Waals surface area contributed by atoms with E-state index in [1.54, 1.807) is 0 Å². The monoisotopic (exact) mass is 557 g/mol. The van der Waals surface area contributed by atoms with Gasteiger partial charge in [-0.15, -0.1) is 0 Å². The minimum atomic E-state index is -5.15. The van der Waals surface area contributed by atoms with Crippen LogP contribution in [-0.2, 0) is 26.2 Å². The van der Waals surface area contributed by atoms with Gasteiger partial charge in [0.2, 0.25) is 0 Å². The summed E-state index contributed by atoms with van der Waals surface area (Å²) in [4.78, 5) is 30.0. The van der Waals surface area contributed by atoms with Crippen LogP contribution in [0.15, 0.2) is 35.3 Å². The molecule has 1 fully saturated rings. The molecule has 10 nitrogen and oxygen atoms in total. The van der Waals surface area contributed by atoms with Gasteiger partial charge in [-0.2, -0.15) is 31.3 Å². The molecule has 17 heteroatoms. The summed E-state index contributed by atoms with van der Waals surface area (Å²) in [6, 6.07) is 1.79. The first kappa shape index (κ1) is 28.6. The van der Waals surface area contributed by atoms with Crippen molar-refractivity contribution in [2.24, 2.45) is 0 Å². The average Bonchev–Trinajstić information content (AvgIpc) is 2.80. The maximum atomic E-state index is 13.3. The Kier molecular flexibility index (Phi) is 8.37. The number of aromatic nitrogens is 2. The lowest BCUT2D eigenvalue weighted by Gasteiger charge is -2.38. The quantitative estimate of drug-likeness (QED) is 0.426. The molecule has 2 heterocycles. The number of benzene rings is 1. The first-order chi connectivity index (χ1) is 17.1. The number of hydrogen-bond acceptors (Lipinski definition) is 7. The number of nitrogens with two attached hydrogens (primary N) is 1. The lowest BCUT2D eigenvalue weighted by Crippen LogP contribution is -2.51. The summed E-state index contributed by atoms with van der Waals surface area (Å²) in [7, 11) is 0.278. The van der Waals surface area contributed by atoms with E-state index in [1.165, 1.54) is 31.0 Å². The maximum absolute atomic E-state index is 13.3. The molecule has 0 aliphatic carbocycles. The predicted octanol–water partition coefficient (Wildman–Crippen LogP) is 2.87. The largest absolute Gasteiger partial charge is 0.416 e. The van der Waals surface area contributed by atoms with E-state index >= 15 is 0 Å². The van der Waals surface area contributed by atoms with Gasteiger partial charge in [0.1, 0.15) is 11.9 Å². The Morgan fingerprint density at radius 3 is 2.27 bits per heavy atom. The number of carbonyl (C=O) groups is 1. The Labute approximate surface area is 206 Å². The SMILES string of the molecule is CN(C)[PH](=O)OC[C@@H]1CN(C(=O)c2cc(C(F)(F)F)cc(C(F)(F)F)c2)CC(n2ccc(N)nc2=O)O1. The fraction of sp³-hybridized carbons (Fsp3) is 0.450. The second-order valence-corrected chi connectivity index (χ2v) is 9.95. The number of carbonyl (C=O) groups excluding carboxylic acids is 1. The van der Waals surface area contributed by atoms with Crippen LogP contribution in [0.5, 0.6) is 0 Å². The molecule has 1 amide bonds. The van der Waals surface area contributed by atoms with E-state index in [0.717, 1.165) is 9.47 Å². The Morgan fingerprint density at radius 1 is 1.16 bits per heavy atom. The van der Waals surface area contributed by atoms with Crippen LogP contribution in [0.3, 0.4) is 0 Å². The van der Waals surface area contributed by atoms with Crippen LogP contribution in [0.4, 0.5) is 32.2 Å². The standard InChI is InChI=1S/C20H22F6N5O5P/c1-29(2)37(34)35-10-14-8-30(9-16(36-14)31-4-3-15(27)28-18(31)33)17(32)11-5-12(19(21,22)23)7-13(6-11)20(24,25)26/h3-7,14,16,37H,8-10H2,1-2H3,(H2,27,28,33)/t14-,16?/m0/s1. The van der Waals surface area contributed by atoms with E-state index < -0.39 is 67.7 Å². The van der Waals surface area contributed by atoms with E-state index in [1.807, 2.05) is 0 Å². The molecule has 1 aliphatic heterocycles. The van der Waals surface area contributed by atoms with Crippen molar-refractivity contribution in [1.82, 2.24) is 19.1 Å². The molecule has 1 aromatic heterocycles. The molecule has 204 valence electrons. The fourth-order valence-corrected chi connectivity index (χ4v) is 4.01. The molecule has 1 aromatic carbocycles. The highest BCUT2D eigenvalue weighted by Crippen LogP contribution is 2.37. The molecule has 1 aliphatic rings. The third-order valence-corrected chi connectivity index (χ3v) is 6.34. The van der Waals surface area contributed by atoms with Crippen LogP contribution in [-0.4, -0.2) is 64.9 Å². The van der Waals surface area contributed by atoms with Crippen LogP contribution in [0.2, 0.25) is 0 Å². The van der Waals surface area contributed by atoms with Crippen LogP contribution >= 0.6 is 8.18 Å². The molecule has 1 saturated heterocycles. The first-order valence-electron chi connectivity index (χ1n) is 10.5. The lowest BCUT2D eigenvalue weighted by molar-refractivity contribution is -0.143. The Bertz CT molecular complexity index is 1200. The van der Waals surface area contributed by atoms with Gasteiger partial charge >= 0.3 is 18.0 Å². The maximum Gasteiger partial charge on any atom is 0.416 e. The summed E-state index contributed by atoms with van der Waals surface area (Å²) >= 11 is 0. The van der Waals surface area contributed by atoms with Gasteiger partial charge in [-0.25, -0.2) is 9.46 Å². The van der Waals surface area contributed by atoms with Gasteiger partial charge in [0.15, 0.2) is 6.23 Å². The minimum absolute atomic E-state index is 0.0891. The van der Waals surface area contributed by atoms with Crippen molar-refractivity contribution in [3.63, 3.8) is 0 Å². The zero-order chi connectivity index (χ0) is 27.7. The summed E-state index contributed by atoms with van der Waals surface area (Å²) in [5.74, 6) is -1.29. The van der Waals surface area contributed by atoms with Gasteiger partial charge in [-0.1, -0.05) is 0 Å². The molecule has 37 heavy (non-hydrogen) atoms. The van der Waals surface area contributed by atoms with E-state index in [4.69, 9.17) is 15.0 Å². The number of ether oxygens (including phenoxy) is 1. The van der Waals surface area contributed by atoms with Gasteiger partial charge < -0.3 is 19.9 Å². The summed E-state index contributed by atoms with van der Waals surface area (Å²) in [6.07, 6.45) is -11.4. The molecule has 3 rings (SSSR count). The highest BCUT2D eigenvalue weighted by Gasteiger charge is 2.39.